The van der Waals surface area contributed by atoms with E-state index < -0.39 is 0 Å². The third-order valence-electron chi connectivity index (χ3n) is 2.55. The summed E-state index contributed by atoms with van der Waals surface area (Å²) in [5.74, 6) is 0.875. The van der Waals surface area contributed by atoms with Crippen LogP contribution in [0, 0.1) is 12.3 Å². The SMILES string of the molecule is CCNC(=NCc1ncc(C)s1)NCCC(C)(C)C.I. The van der Waals surface area contributed by atoms with E-state index in [9.17, 15) is 0 Å². The van der Waals surface area contributed by atoms with Crippen LogP contribution in [0.3, 0.4) is 0 Å². The van der Waals surface area contributed by atoms with Gasteiger partial charge in [0.2, 0.25) is 0 Å². The number of rotatable bonds is 5. The molecule has 6 heteroatoms. The normalized spacial score (nSPS) is 11.9. The molecule has 2 N–H and O–H groups in total. The quantitative estimate of drug-likeness (QED) is 0.444. The maximum atomic E-state index is 4.56. The lowest BCUT2D eigenvalue weighted by Gasteiger charge is -2.19. The fourth-order valence-electron chi connectivity index (χ4n) is 1.52. The van der Waals surface area contributed by atoms with Crippen LogP contribution < -0.4 is 10.6 Å². The molecule has 1 aromatic rings. The lowest BCUT2D eigenvalue weighted by atomic mass is 9.92. The molecule has 1 aromatic heterocycles. The first-order valence-electron chi connectivity index (χ1n) is 6.84. The van der Waals surface area contributed by atoms with E-state index in [-0.39, 0.29) is 24.0 Å². The van der Waals surface area contributed by atoms with Crippen molar-refractivity contribution in [1.29, 1.82) is 0 Å². The fraction of sp³-hybridized carbons (Fsp3) is 0.714. The van der Waals surface area contributed by atoms with Gasteiger partial charge in [-0.25, -0.2) is 9.98 Å². The molecule has 4 nitrogen and oxygen atoms in total. The minimum absolute atomic E-state index is 0. The molecule has 0 amide bonds. The first-order valence-corrected chi connectivity index (χ1v) is 7.66. The van der Waals surface area contributed by atoms with Gasteiger partial charge in [-0.3, -0.25) is 0 Å². The molecular formula is C14H27IN4S. The minimum atomic E-state index is 0. The number of hydrogen-bond acceptors (Lipinski definition) is 3. The van der Waals surface area contributed by atoms with Crippen molar-refractivity contribution in [2.75, 3.05) is 13.1 Å². The maximum absolute atomic E-state index is 4.56. The third kappa shape index (κ3) is 8.73. The summed E-state index contributed by atoms with van der Waals surface area (Å²) in [6, 6.07) is 0. The summed E-state index contributed by atoms with van der Waals surface area (Å²) in [6.45, 7) is 13.3. The highest BCUT2D eigenvalue weighted by atomic mass is 127. The Bertz CT molecular complexity index is 410. The van der Waals surface area contributed by atoms with E-state index in [4.69, 9.17) is 0 Å². The Kier molecular flexibility index (Phi) is 9.37. The summed E-state index contributed by atoms with van der Waals surface area (Å²) in [6.07, 6.45) is 3.02. The molecule has 0 aromatic carbocycles. The topological polar surface area (TPSA) is 49.3 Å². The van der Waals surface area contributed by atoms with Crippen LogP contribution in [0.2, 0.25) is 0 Å². The first kappa shape index (κ1) is 19.6. The van der Waals surface area contributed by atoms with Crippen molar-refractivity contribution in [3.63, 3.8) is 0 Å². The molecule has 0 aliphatic carbocycles. The zero-order chi connectivity index (χ0) is 14.3. The molecule has 1 heterocycles. The van der Waals surface area contributed by atoms with Gasteiger partial charge >= 0.3 is 0 Å². The van der Waals surface area contributed by atoms with Gasteiger partial charge in [0.15, 0.2) is 5.96 Å². The molecule has 0 saturated heterocycles. The van der Waals surface area contributed by atoms with Crippen LogP contribution in [-0.4, -0.2) is 24.0 Å². The molecule has 0 radical (unpaired) electrons. The highest BCUT2D eigenvalue weighted by molar-refractivity contribution is 14.0. The van der Waals surface area contributed by atoms with Gasteiger partial charge < -0.3 is 10.6 Å². The first-order chi connectivity index (χ1) is 8.90. The summed E-state index contributed by atoms with van der Waals surface area (Å²) >= 11 is 1.70. The number of hydrogen-bond donors (Lipinski definition) is 2. The monoisotopic (exact) mass is 410 g/mol. The van der Waals surface area contributed by atoms with E-state index in [1.807, 2.05) is 6.20 Å². The lowest BCUT2D eigenvalue weighted by molar-refractivity contribution is 0.377. The Labute approximate surface area is 143 Å². The second-order valence-electron chi connectivity index (χ2n) is 5.80. The number of aryl methyl sites for hydroxylation is 1. The fourth-order valence-corrected chi connectivity index (χ4v) is 2.23. The molecule has 0 saturated carbocycles. The molecule has 0 bridgehead atoms. The van der Waals surface area contributed by atoms with Crippen molar-refractivity contribution in [3.8, 4) is 0 Å². The van der Waals surface area contributed by atoms with Crippen molar-refractivity contribution in [2.24, 2.45) is 10.4 Å². The summed E-state index contributed by atoms with van der Waals surface area (Å²) in [5, 5.41) is 7.69. The Hall–Kier alpha value is -0.370. The largest absolute Gasteiger partial charge is 0.357 e. The van der Waals surface area contributed by atoms with Crippen LogP contribution in [0.15, 0.2) is 11.2 Å². The van der Waals surface area contributed by atoms with Gasteiger partial charge in [0.25, 0.3) is 0 Å². The van der Waals surface area contributed by atoms with Crippen LogP contribution in [-0.2, 0) is 6.54 Å². The Morgan fingerprint density at radius 1 is 1.35 bits per heavy atom. The molecule has 0 aliphatic rings. The summed E-state index contributed by atoms with van der Waals surface area (Å²) < 4.78 is 0. The van der Waals surface area contributed by atoms with Gasteiger partial charge in [-0.1, -0.05) is 20.8 Å². The zero-order valence-corrected chi connectivity index (χ0v) is 16.3. The third-order valence-corrected chi connectivity index (χ3v) is 3.45. The number of halogens is 1. The van der Waals surface area contributed by atoms with E-state index in [0.717, 1.165) is 30.5 Å². The van der Waals surface area contributed by atoms with Gasteiger partial charge in [-0.2, -0.15) is 0 Å². The second-order valence-corrected chi connectivity index (χ2v) is 7.12. The number of nitrogens with zero attached hydrogens (tertiary/aromatic N) is 2. The average Bonchev–Trinajstić information content (AvgIpc) is 2.70. The number of aromatic nitrogens is 1. The molecular weight excluding hydrogens is 383 g/mol. The number of thiazole rings is 1. The molecule has 116 valence electrons. The number of nitrogens with one attached hydrogen (secondary N) is 2. The van der Waals surface area contributed by atoms with Gasteiger partial charge in [0, 0.05) is 24.2 Å². The number of guanidine groups is 1. The van der Waals surface area contributed by atoms with Crippen LogP contribution in [0.4, 0.5) is 0 Å². The van der Waals surface area contributed by atoms with Crippen molar-refractivity contribution < 1.29 is 0 Å². The summed E-state index contributed by atoms with van der Waals surface area (Å²) in [7, 11) is 0. The van der Waals surface area contributed by atoms with Crippen LogP contribution >= 0.6 is 35.3 Å². The van der Waals surface area contributed by atoms with Crippen molar-refractivity contribution >= 4 is 41.3 Å². The zero-order valence-electron chi connectivity index (χ0n) is 13.1. The predicted molar refractivity (Wildman–Crippen MR) is 99.2 cm³/mol. The van der Waals surface area contributed by atoms with Gasteiger partial charge in [-0.05, 0) is 25.7 Å². The Balaban J connectivity index is 0.00000361. The molecule has 0 spiro atoms. The maximum Gasteiger partial charge on any atom is 0.191 e. The molecule has 0 aliphatic heterocycles. The highest BCUT2D eigenvalue weighted by Crippen LogP contribution is 2.17. The smallest absolute Gasteiger partial charge is 0.191 e. The van der Waals surface area contributed by atoms with Crippen LogP contribution in [0.1, 0.15) is 44.0 Å². The molecule has 1 rings (SSSR count). The van der Waals surface area contributed by atoms with E-state index in [2.05, 4.69) is 55.2 Å². The van der Waals surface area contributed by atoms with E-state index >= 15 is 0 Å². The molecule has 20 heavy (non-hydrogen) atoms. The Morgan fingerprint density at radius 2 is 2.05 bits per heavy atom. The second kappa shape index (κ2) is 9.55. The van der Waals surface area contributed by atoms with E-state index in [0.29, 0.717) is 12.0 Å². The minimum Gasteiger partial charge on any atom is -0.357 e. The van der Waals surface area contributed by atoms with Crippen molar-refractivity contribution in [1.82, 2.24) is 15.6 Å². The lowest BCUT2D eigenvalue weighted by Crippen LogP contribution is -2.38. The molecule has 0 fully saturated rings. The standard InChI is InChI=1S/C14H26N4S.HI/c1-6-15-13(16-8-7-14(3,4)5)18-10-12-17-9-11(2)19-12;/h9H,6-8,10H2,1-5H3,(H2,15,16,18);1H. The molecule has 0 atom stereocenters. The van der Waals surface area contributed by atoms with Crippen LogP contribution in [0.25, 0.3) is 0 Å². The van der Waals surface area contributed by atoms with Gasteiger partial charge in [0.05, 0.1) is 6.54 Å². The van der Waals surface area contributed by atoms with Gasteiger partial charge in [0.1, 0.15) is 5.01 Å². The van der Waals surface area contributed by atoms with Gasteiger partial charge in [-0.15, -0.1) is 35.3 Å². The van der Waals surface area contributed by atoms with E-state index in [1.165, 1.54) is 4.88 Å². The summed E-state index contributed by atoms with van der Waals surface area (Å²) in [5.41, 5.74) is 0.344. The van der Waals surface area contributed by atoms with Crippen molar-refractivity contribution in [3.05, 3.63) is 16.1 Å². The van der Waals surface area contributed by atoms with Crippen molar-refractivity contribution in [2.45, 2.75) is 47.6 Å². The van der Waals surface area contributed by atoms with E-state index in [1.54, 1.807) is 11.3 Å². The summed E-state index contributed by atoms with van der Waals surface area (Å²) in [4.78, 5) is 10.1. The predicted octanol–water partition coefficient (Wildman–Crippen LogP) is 3.56. The molecule has 0 unspecified atom stereocenters. The van der Waals surface area contributed by atoms with Crippen LogP contribution in [0.5, 0.6) is 0 Å². The average molecular weight is 410 g/mol. The highest BCUT2D eigenvalue weighted by Gasteiger charge is 2.09. The number of aliphatic imine (C=N–C) groups is 1. The Morgan fingerprint density at radius 3 is 2.55 bits per heavy atom.